The molecular weight excluding hydrogens is 216 g/mol. The second-order valence-electron chi connectivity index (χ2n) is 2.79. The summed E-state index contributed by atoms with van der Waals surface area (Å²) in [5.74, 6) is -0.462. The molecule has 0 aromatic heterocycles. The summed E-state index contributed by atoms with van der Waals surface area (Å²) in [6, 6.07) is 5.95. The van der Waals surface area contributed by atoms with E-state index in [2.05, 4.69) is 19.6 Å². The lowest BCUT2D eigenvalue weighted by atomic mass is 10.3. The first-order valence-corrected chi connectivity index (χ1v) is 4.38. The van der Waals surface area contributed by atoms with Crippen molar-refractivity contribution in [2.45, 2.75) is 13.8 Å². The summed E-state index contributed by atoms with van der Waals surface area (Å²) in [5.41, 5.74) is 0. The van der Waals surface area contributed by atoms with E-state index in [-0.39, 0.29) is 0 Å². The Hall–Kier alpha value is -2.24. The molecule has 1 rings (SSSR count). The summed E-state index contributed by atoms with van der Waals surface area (Å²) in [6.45, 7) is 2.44. The number of rotatable bonds is 4. The molecular formula is C10H10O6. The molecule has 0 spiro atoms. The van der Waals surface area contributed by atoms with Gasteiger partial charge in [0.15, 0.2) is 11.5 Å². The fourth-order valence-corrected chi connectivity index (χ4v) is 0.764. The van der Waals surface area contributed by atoms with Crippen LogP contribution in [0.1, 0.15) is 13.8 Å². The highest BCUT2D eigenvalue weighted by atomic mass is 17.2. The molecule has 0 N–H and O–H groups in total. The van der Waals surface area contributed by atoms with E-state index in [9.17, 15) is 9.59 Å². The van der Waals surface area contributed by atoms with Crippen molar-refractivity contribution in [2.24, 2.45) is 0 Å². The predicted molar refractivity (Wildman–Crippen MR) is 51.2 cm³/mol. The summed E-state index contributed by atoms with van der Waals surface area (Å²) in [4.78, 5) is 38.7. The van der Waals surface area contributed by atoms with Gasteiger partial charge >= 0.3 is 11.9 Å². The zero-order chi connectivity index (χ0) is 12.0. The summed E-state index contributed by atoms with van der Waals surface area (Å²) in [6.07, 6.45) is 0. The average molecular weight is 226 g/mol. The highest BCUT2D eigenvalue weighted by Gasteiger charge is 2.01. The number of carbonyl (C=O) groups excluding carboxylic acids is 2. The van der Waals surface area contributed by atoms with Crippen LogP contribution in [0.25, 0.3) is 0 Å². The molecule has 0 radical (unpaired) electrons. The molecule has 0 aliphatic rings. The highest BCUT2D eigenvalue weighted by molar-refractivity contribution is 5.65. The van der Waals surface area contributed by atoms with E-state index >= 15 is 0 Å². The Bertz CT molecular complexity index is 332. The lowest BCUT2D eigenvalue weighted by Gasteiger charge is -2.04. The molecule has 16 heavy (non-hydrogen) atoms. The minimum Gasteiger partial charge on any atom is -0.287 e. The van der Waals surface area contributed by atoms with Crippen molar-refractivity contribution in [1.82, 2.24) is 0 Å². The lowest BCUT2D eigenvalue weighted by Crippen LogP contribution is -2.04. The van der Waals surface area contributed by atoms with E-state index in [1.807, 2.05) is 0 Å². The largest absolute Gasteiger partial charge is 0.352 e. The van der Waals surface area contributed by atoms with Gasteiger partial charge in [-0.15, -0.1) is 0 Å². The first kappa shape index (κ1) is 11.8. The summed E-state index contributed by atoms with van der Waals surface area (Å²) >= 11 is 0. The van der Waals surface area contributed by atoms with Crippen molar-refractivity contribution in [3.63, 3.8) is 0 Å². The Morgan fingerprint density at radius 1 is 0.812 bits per heavy atom. The Morgan fingerprint density at radius 2 is 1.12 bits per heavy atom. The maximum absolute atomic E-state index is 10.4. The van der Waals surface area contributed by atoms with Crippen LogP contribution in [-0.2, 0) is 19.4 Å². The number of carbonyl (C=O) groups is 2. The van der Waals surface area contributed by atoms with Gasteiger partial charge in [0.2, 0.25) is 0 Å². The van der Waals surface area contributed by atoms with Gasteiger partial charge in [-0.25, -0.2) is 9.59 Å². The van der Waals surface area contributed by atoms with Crippen molar-refractivity contribution < 1.29 is 29.1 Å². The van der Waals surface area contributed by atoms with Crippen molar-refractivity contribution in [2.75, 3.05) is 0 Å². The fourth-order valence-electron chi connectivity index (χ4n) is 0.764. The Balaban J connectivity index is 2.47. The number of hydrogen-bond acceptors (Lipinski definition) is 6. The van der Waals surface area contributed by atoms with Gasteiger partial charge in [0.1, 0.15) is 0 Å². The van der Waals surface area contributed by atoms with E-state index in [0.29, 0.717) is 11.5 Å². The predicted octanol–water partition coefficient (Wildman–Crippen LogP) is 1.40. The third-order valence-corrected chi connectivity index (χ3v) is 1.33. The van der Waals surface area contributed by atoms with Crippen LogP contribution in [0, 0.1) is 0 Å². The molecule has 0 heterocycles. The first-order valence-electron chi connectivity index (χ1n) is 4.38. The molecule has 6 heteroatoms. The average Bonchev–Trinajstić information content (AvgIpc) is 2.25. The Labute approximate surface area is 91.5 Å². The Kier molecular flexibility index (Phi) is 4.14. The standard InChI is InChI=1S/C10H10O6/c1-7(11)13-15-9-3-5-10(6-4-9)16-14-8(2)12/h3-6H,1-2H3. The van der Waals surface area contributed by atoms with Gasteiger partial charge < -0.3 is 0 Å². The monoisotopic (exact) mass is 226 g/mol. The van der Waals surface area contributed by atoms with Gasteiger partial charge in [-0.3, -0.25) is 19.6 Å². The molecule has 0 aliphatic heterocycles. The minimum atomic E-state index is -0.555. The third-order valence-electron chi connectivity index (χ3n) is 1.33. The highest BCUT2D eigenvalue weighted by Crippen LogP contribution is 2.17. The quantitative estimate of drug-likeness (QED) is 0.570. The van der Waals surface area contributed by atoms with Gasteiger partial charge in [-0.2, -0.15) is 0 Å². The van der Waals surface area contributed by atoms with Crippen LogP contribution in [0.15, 0.2) is 24.3 Å². The first-order chi connectivity index (χ1) is 7.58. The van der Waals surface area contributed by atoms with Gasteiger partial charge in [-0.1, -0.05) is 0 Å². The second kappa shape index (κ2) is 5.59. The van der Waals surface area contributed by atoms with Gasteiger partial charge in [0.05, 0.1) is 0 Å². The normalized spacial score (nSPS) is 9.12. The van der Waals surface area contributed by atoms with Gasteiger partial charge in [0.25, 0.3) is 0 Å². The molecule has 0 fully saturated rings. The number of benzene rings is 1. The second-order valence-corrected chi connectivity index (χ2v) is 2.79. The van der Waals surface area contributed by atoms with Crippen LogP contribution < -0.4 is 9.78 Å². The van der Waals surface area contributed by atoms with Gasteiger partial charge in [-0.05, 0) is 24.3 Å². The van der Waals surface area contributed by atoms with E-state index in [1.54, 1.807) is 0 Å². The molecule has 0 atom stereocenters. The molecule has 1 aromatic rings. The van der Waals surface area contributed by atoms with Crippen molar-refractivity contribution in [3.8, 4) is 11.5 Å². The van der Waals surface area contributed by atoms with Crippen LogP contribution in [0.5, 0.6) is 11.5 Å². The Morgan fingerprint density at radius 3 is 1.38 bits per heavy atom. The molecule has 0 aliphatic carbocycles. The maximum Gasteiger partial charge on any atom is 0.352 e. The molecule has 0 saturated carbocycles. The zero-order valence-corrected chi connectivity index (χ0v) is 8.76. The zero-order valence-electron chi connectivity index (χ0n) is 8.76. The van der Waals surface area contributed by atoms with Crippen LogP contribution >= 0.6 is 0 Å². The number of hydrogen-bond donors (Lipinski definition) is 0. The van der Waals surface area contributed by atoms with E-state index in [0.717, 1.165) is 0 Å². The third kappa shape index (κ3) is 4.32. The molecule has 0 saturated heterocycles. The summed E-state index contributed by atoms with van der Waals surface area (Å²) < 4.78 is 0. The van der Waals surface area contributed by atoms with E-state index in [1.165, 1.54) is 38.1 Å². The lowest BCUT2D eigenvalue weighted by molar-refractivity contribution is -0.212. The van der Waals surface area contributed by atoms with Crippen LogP contribution in [-0.4, -0.2) is 11.9 Å². The van der Waals surface area contributed by atoms with E-state index in [4.69, 9.17) is 0 Å². The van der Waals surface area contributed by atoms with Crippen molar-refractivity contribution in [3.05, 3.63) is 24.3 Å². The summed E-state index contributed by atoms with van der Waals surface area (Å²) in [7, 11) is 0. The van der Waals surface area contributed by atoms with Gasteiger partial charge in [0, 0.05) is 13.8 Å². The van der Waals surface area contributed by atoms with Crippen LogP contribution in [0.2, 0.25) is 0 Å². The van der Waals surface area contributed by atoms with Crippen molar-refractivity contribution >= 4 is 11.9 Å². The molecule has 0 bridgehead atoms. The van der Waals surface area contributed by atoms with Crippen LogP contribution in [0.3, 0.4) is 0 Å². The molecule has 0 unspecified atom stereocenters. The topological polar surface area (TPSA) is 71.1 Å². The minimum absolute atomic E-state index is 0.324. The maximum atomic E-state index is 10.4. The fraction of sp³-hybridized carbons (Fsp3) is 0.200. The van der Waals surface area contributed by atoms with E-state index < -0.39 is 11.9 Å². The van der Waals surface area contributed by atoms with Crippen LogP contribution in [0.4, 0.5) is 0 Å². The molecule has 6 nitrogen and oxygen atoms in total. The smallest absolute Gasteiger partial charge is 0.287 e. The molecule has 86 valence electrons. The SMILES string of the molecule is CC(=O)OOc1ccc(OOC(C)=O)cc1. The molecule has 0 amide bonds. The molecule has 1 aromatic carbocycles. The van der Waals surface area contributed by atoms with Crippen molar-refractivity contribution in [1.29, 1.82) is 0 Å². The summed E-state index contributed by atoms with van der Waals surface area (Å²) in [5, 5.41) is 0.